The molecule has 0 aromatic heterocycles. The van der Waals surface area contributed by atoms with E-state index in [4.69, 9.17) is 9.47 Å². The molecule has 0 radical (unpaired) electrons. The Morgan fingerprint density at radius 3 is 2.62 bits per heavy atom. The van der Waals surface area contributed by atoms with Crippen molar-refractivity contribution >= 4 is 21.9 Å². The van der Waals surface area contributed by atoms with E-state index in [0.29, 0.717) is 13.2 Å². The molecular formula is C16H20N2O7S. The lowest BCUT2D eigenvalue weighted by atomic mass is 10.2. The van der Waals surface area contributed by atoms with Crippen LogP contribution >= 0.6 is 0 Å². The highest BCUT2D eigenvalue weighted by atomic mass is 32.2. The molecule has 3 rings (SSSR count). The maximum atomic E-state index is 12.6. The van der Waals surface area contributed by atoms with Gasteiger partial charge in [-0.25, -0.2) is 13.2 Å². The second-order valence-corrected chi connectivity index (χ2v) is 8.05. The van der Waals surface area contributed by atoms with E-state index in [-0.39, 0.29) is 29.6 Å². The van der Waals surface area contributed by atoms with Crippen molar-refractivity contribution in [2.45, 2.75) is 23.8 Å². The summed E-state index contributed by atoms with van der Waals surface area (Å²) in [5.41, 5.74) is -0.307. The third-order valence-corrected chi connectivity index (χ3v) is 5.97. The summed E-state index contributed by atoms with van der Waals surface area (Å²) in [4.78, 5) is 23.6. The Kier molecular flexibility index (Phi) is 5.44. The first kappa shape index (κ1) is 18.6. The number of phenolic OH excluding ortho intramolecular Hbond substituents is 1. The van der Waals surface area contributed by atoms with Gasteiger partial charge in [0.05, 0.1) is 18.1 Å². The zero-order chi connectivity index (χ0) is 18.7. The van der Waals surface area contributed by atoms with E-state index >= 15 is 0 Å². The van der Waals surface area contributed by atoms with Gasteiger partial charge in [0.1, 0.15) is 11.3 Å². The molecule has 1 aromatic carbocycles. The Morgan fingerprint density at radius 2 is 1.96 bits per heavy atom. The molecule has 1 saturated heterocycles. The lowest BCUT2D eigenvalue weighted by Gasteiger charge is -2.26. The topological polar surface area (TPSA) is 122 Å². The number of phenols is 1. The average molecular weight is 384 g/mol. The fourth-order valence-electron chi connectivity index (χ4n) is 2.48. The van der Waals surface area contributed by atoms with Crippen LogP contribution in [0.4, 0.5) is 0 Å². The number of hydrogen-bond acceptors (Lipinski definition) is 7. The minimum atomic E-state index is -3.82. The highest BCUT2D eigenvalue weighted by Crippen LogP contribution is 2.25. The number of hydrogen-bond donors (Lipinski definition) is 2. The van der Waals surface area contributed by atoms with Crippen molar-refractivity contribution in [1.29, 1.82) is 0 Å². The highest BCUT2D eigenvalue weighted by Gasteiger charge is 2.28. The Morgan fingerprint density at radius 1 is 1.27 bits per heavy atom. The number of nitrogens with one attached hydrogen (secondary N) is 1. The van der Waals surface area contributed by atoms with E-state index in [1.165, 1.54) is 10.4 Å². The molecule has 0 unspecified atom stereocenters. The van der Waals surface area contributed by atoms with Crippen molar-refractivity contribution < 1.29 is 32.6 Å². The molecule has 1 heterocycles. The van der Waals surface area contributed by atoms with Gasteiger partial charge in [-0.2, -0.15) is 4.31 Å². The van der Waals surface area contributed by atoms with Gasteiger partial charge >= 0.3 is 5.97 Å². The summed E-state index contributed by atoms with van der Waals surface area (Å²) in [7, 11) is -3.82. The fourth-order valence-corrected chi connectivity index (χ4v) is 3.92. The van der Waals surface area contributed by atoms with Crippen LogP contribution in [0.3, 0.4) is 0 Å². The summed E-state index contributed by atoms with van der Waals surface area (Å²) in [6.07, 6.45) is 1.81. The van der Waals surface area contributed by atoms with E-state index in [0.717, 1.165) is 25.0 Å². The van der Waals surface area contributed by atoms with Crippen LogP contribution in [0, 0.1) is 0 Å². The Balaban J connectivity index is 1.71. The van der Waals surface area contributed by atoms with Crippen LogP contribution in [0.5, 0.6) is 5.75 Å². The first-order valence-corrected chi connectivity index (χ1v) is 9.69. The van der Waals surface area contributed by atoms with Crippen molar-refractivity contribution in [1.82, 2.24) is 9.62 Å². The summed E-state index contributed by atoms with van der Waals surface area (Å²) in [6, 6.07) is 3.53. The summed E-state index contributed by atoms with van der Waals surface area (Å²) in [5, 5.41) is 12.5. The molecule has 2 N–H and O–H groups in total. The van der Waals surface area contributed by atoms with Crippen molar-refractivity contribution in [3.8, 4) is 5.75 Å². The Hall–Kier alpha value is -2.17. The van der Waals surface area contributed by atoms with Crippen LogP contribution in [-0.2, 0) is 24.3 Å². The van der Waals surface area contributed by atoms with Crippen molar-refractivity contribution in [2.24, 2.45) is 0 Å². The van der Waals surface area contributed by atoms with E-state index in [2.05, 4.69) is 5.32 Å². The van der Waals surface area contributed by atoms with E-state index in [1.54, 1.807) is 0 Å². The summed E-state index contributed by atoms with van der Waals surface area (Å²) in [6.45, 7) is 0.522. The van der Waals surface area contributed by atoms with E-state index < -0.39 is 34.3 Å². The van der Waals surface area contributed by atoms with Gasteiger partial charge in [0, 0.05) is 19.1 Å². The molecule has 26 heavy (non-hydrogen) atoms. The van der Waals surface area contributed by atoms with Crippen LogP contribution in [0.25, 0.3) is 0 Å². The predicted molar refractivity (Wildman–Crippen MR) is 89.1 cm³/mol. The number of carbonyl (C=O) groups excluding carboxylic acids is 2. The summed E-state index contributed by atoms with van der Waals surface area (Å²) < 4.78 is 36.5. The highest BCUT2D eigenvalue weighted by molar-refractivity contribution is 7.89. The van der Waals surface area contributed by atoms with Crippen molar-refractivity contribution in [2.75, 3.05) is 32.9 Å². The minimum absolute atomic E-state index is 0.133. The molecule has 1 aromatic rings. The molecule has 10 heteroatoms. The maximum Gasteiger partial charge on any atom is 0.342 e. The van der Waals surface area contributed by atoms with Gasteiger partial charge in [0.2, 0.25) is 10.0 Å². The third-order valence-electron chi connectivity index (χ3n) is 4.07. The molecule has 2 fully saturated rings. The smallest absolute Gasteiger partial charge is 0.342 e. The van der Waals surface area contributed by atoms with Crippen molar-refractivity contribution in [3.05, 3.63) is 23.8 Å². The van der Waals surface area contributed by atoms with Gasteiger partial charge in [-0.05, 0) is 31.0 Å². The number of sulfonamides is 1. The SMILES string of the molecule is O=C(COC(=O)c1cc(S(=O)(=O)N2CCOCC2)ccc1O)NC1CC1. The van der Waals surface area contributed by atoms with Crippen molar-refractivity contribution in [3.63, 3.8) is 0 Å². The van der Waals surface area contributed by atoms with Gasteiger partial charge in [0.25, 0.3) is 5.91 Å². The lowest BCUT2D eigenvalue weighted by molar-refractivity contribution is -0.124. The number of carbonyl (C=O) groups is 2. The maximum absolute atomic E-state index is 12.6. The van der Waals surface area contributed by atoms with Crippen LogP contribution in [0.15, 0.2) is 23.1 Å². The van der Waals surface area contributed by atoms with Gasteiger partial charge < -0.3 is 19.9 Å². The molecule has 2 aliphatic rings. The van der Waals surface area contributed by atoms with Crippen LogP contribution < -0.4 is 5.32 Å². The standard InChI is InChI=1S/C16H20N2O7S/c19-14-4-3-12(26(22,23)18-5-7-24-8-6-18)9-13(14)16(21)25-10-15(20)17-11-1-2-11/h3-4,9,11,19H,1-2,5-8,10H2,(H,17,20). The lowest BCUT2D eigenvalue weighted by Crippen LogP contribution is -2.40. The number of rotatable bonds is 6. The number of nitrogens with zero attached hydrogens (tertiary/aromatic N) is 1. The number of esters is 1. The molecule has 1 aliphatic carbocycles. The normalized spacial score (nSPS) is 18.3. The molecule has 1 saturated carbocycles. The Bertz CT molecular complexity index is 799. The molecule has 0 atom stereocenters. The summed E-state index contributed by atoms with van der Waals surface area (Å²) in [5.74, 6) is -1.82. The predicted octanol–water partition coefficient (Wildman–Crippen LogP) is -0.151. The monoisotopic (exact) mass is 384 g/mol. The Labute approximate surface area is 150 Å². The number of aromatic hydroxyl groups is 1. The third kappa shape index (κ3) is 4.32. The zero-order valence-electron chi connectivity index (χ0n) is 14.0. The average Bonchev–Trinajstić information content (AvgIpc) is 3.44. The molecule has 9 nitrogen and oxygen atoms in total. The van der Waals surface area contributed by atoms with Crippen LogP contribution in [-0.4, -0.2) is 68.7 Å². The quantitative estimate of drug-likeness (QED) is 0.654. The summed E-state index contributed by atoms with van der Waals surface area (Å²) >= 11 is 0. The fraction of sp³-hybridized carbons (Fsp3) is 0.500. The molecule has 1 amide bonds. The van der Waals surface area contributed by atoms with Gasteiger partial charge in [-0.1, -0.05) is 0 Å². The van der Waals surface area contributed by atoms with Crippen LogP contribution in [0.1, 0.15) is 23.2 Å². The number of amides is 1. The number of morpholine rings is 1. The molecule has 1 aliphatic heterocycles. The van der Waals surface area contributed by atoms with Gasteiger partial charge in [-0.3, -0.25) is 4.79 Å². The first-order valence-electron chi connectivity index (χ1n) is 8.25. The second-order valence-electron chi connectivity index (χ2n) is 6.11. The van der Waals surface area contributed by atoms with E-state index in [9.17, 15) is 23.1 Å². The second kappa shape index (κ2) is 7.60. The van der Waals surface area contributed by atoms with Gasteiger partial charge in [-0.15, -0.1) is 0 Å². The first-order chi connectivity index (χ1) is 12.4. The molecule has 142 valence electrons. The van der Waals surface area contributed by atoms with E-state index in [1.807, 2.05) is 0 Å². The zero-order valence-corrected chi connectivity index (χ0v) is 14.8. The van der Waals surface area contributed by atoms with Crippen LogP contribution in [0.2, 0.25) is 0 Å². The van der Waals surface area contributed by atoms with Gasteiger partial charge in [0.15, 0.2) is 6.61 Å². The minimum Gasteiger partial charge on any atom is -0.507 e. The number of ether oxygens (including phenoxy) is 2. The molecule has 0 spiro atoms. The number of benzene rings is 1. The molecular weight excluding hydrogens is 364 g/mol. The molecule has 0 bridgehead atoms. The largest absolute Gasteiger partial charge is 0.507 e.